The maximum atomic E-state index is 13.7. The van der Waals surface area contributed by atoms with Gasteiger partial charge in [0.05, 0.1) is 28.4 Å². The summed E-state index contributed by atoms with van der Waals surface area (Å²) < 4.78 is 128. The summed E-state index contributed by atoms with van der Waals surface area (Å²) in [5, 5.41) is 11.0. The molecule has 0 unspecified atom stereocenters. The molecule has 276 valence electrons. The first-order valence-corrected chi connectivity index (χ1v) is 16.3. The lowest BCUT2D eigenvalue weighted by atomic mass is 9.89. The van der Waals surface area contributed by atoms with Gasteiger partial charge in [0.15, 0.2) is 5.11 Å². The van der Waals surface area contributed by atoms with Crippen LogP contribution >= 0.6 is 12.2 Å². The first-order valence-electron chi connectivity index (χ1n) is 15.9. The predicted molar refractivity (Wildman–Crippen MR) is 176 cm³/mol. The number of rotatable bonds is 7. The monoisotopic (exact) mass is 747 g/mol. The number of halogens is 9. The van der Waals surface area contributed by atoms with Crippen molar-refractivity contribution in [3.05, 3.63) is 88.5 Å². The number of nitrogens with one attached hydrogen (secondary N) is 4. The number of alkyl halides is 9. The zero-order valence-electron chi connectivity index (χ0n) is 27.2. The summed E-state index contributed by atoms with van der Waals surface area (Å²) in [6, 6.07) is 8.32. The third-order valence-electron chi connectivity index (χ3n) is 8.86. The molecule has 0 radical (unpaired) electrons. The van der Waals surface area contributed by atoms with Crippen molar-refractivity contribution in [1.29, 1.82) is 0 Å². The highest BCUT2D eigenvalue weighted by Crippen LogP contribution is 2.40. The lowest BCUT2D eigenvalue weighted by Crippen LogP contribution is -2.54. The summed E-state index contributed by atoms with van der Waals surface area (Å²) >= 11 is 5.70. The number of benzene rings is 3. The van der Waals surface area contributed by atoms with Gasteiger partial charge in [-0.25, -0.2) is 4.79 Å². The van der Waals surface area contributed by atoms with Gasteiger partial charge in [-0.3, -0.25) is 0 Å². The number of likely N-dealkylation sites (N-methyl/N-ethyl adjacent to an activating group) is 1. The number of anilines is 2. The predicted octanol–water partition coefficient (Wildman–Crippen LogP) is 8.77. The molecular formula is C34H34F9N5O2S. The van der Waals surface area contributed by atoms with Gasteiger partial charge in [-0.15, -0.1) is 0 Å². The van der Waals surface area contributed by atoms with E-state index in [1.165, 1.54) is 0 Å². The molecule has 0 bridgehead atoms. The summed E-state index contributed by atoms with van der Waals surface area (Å²) in [4.78, 5) is 15.1. The average molecular weight is 748 g/mol. The Morgan fingerprint density at radius 2 is 1.41 bits per heavy atom. The third kappa shape index (κ3) is 9.36. The SMILES string of the molecule is CN(C)[C@H]1CCCC[C@@H]1NC(=S)N[C@@H]1c2ccccc2C[C@H]1Oc1ccc(C(F)(F)F)cc1NC(=O)Nc1cc(C(F)(F)F)cc(C(F)(F)F)c1. The molecule has 5 rings (SSSR count). The summed E-state index contributed by atoms with van der Waals surface area (Å²) in [5.74, 6) is -0.235. The number of carbonyl (C=O) groups excluding carboxylic acids is 1. The third-order valence-corrected chi connectivity index (χ3v) is 9.09. The standard InChI is InChI=1S/C34H34F9N5O2S/c1-48(2)26-10-6-5-9-24(26)46-31(51)47-29-23-8-4-3-7-18(23)13-28(29)50-27-12-11-19(32(35,36)37)17-25(27)45-30(49)44-22-15-20(33(38,39)40)14-21(16-22)34(41,42)43/h3-4,7-8,11-12,14-17,24,26,28-29H,5-6,9-10,13H2,1-2H3,(H2,44,45,49)(H2,46,47,51)/t24-,26-,28+,29+/m0/s1. The van der Waals surface area contributed by atoms with Gasteiger partial charge in [0, 0.05) is 24.2 Å². The Hall–Kier alpha value is -4.25. The van der Waals surface area contributed by atoms with Crippen molar-refractivity contribution < 1.29 is 49.0 Å². The fourth-order valence-corrected chi connectivity index (χ4v) is 6.75. The molecule has 1 saturated carbocycles. The van der Waals surface area contributed by atoms with E-state index in [0.717, 1.165) is 48.9 Å². The van der Waals surface area contributed by atoms with Crippen LogP contribution in [0.2, 0.25) is 0 Å². The summed E-state index contributed by atoms with van der Waals surface area (Å²) in [6.45, 7) is 0. The van der Waals surface area contributed by atoms with E-state index >= 15 is 0 Å². The highest BCUT2D eigenvalue weighted by Gasteiger charge is 2.39. The van der Waals surface area contributed by atoms with Crippen molar-refractivity contribution in [3.8, 4) is 5.75 Å². The molecule has 3 aromatic carbocycles. The Bertz CT molecular complexity index is 1710. The number of urea groups is 1. The van der Waals surface area contributed by atoms with E-state index in [-0.39, 0.29) is 42.5 Å². The van der Waals surface area contributed by atoms with Gasteiger partial charge in [0.25, 0.3) is 0 Å². The molecule has 2 aliphatic rings. The Labute approximate surface area is 292 Å². The van der Waals surface area contributed by atoms with Crippen molar-refractivity contribution in [1.82, 2.24) is 15.5 Å². The quantitative estimate of drug-likeness (QED) is 0.143. The average Bonchev–Trinajstić information content (AvgIpc) is 3.36. The second-order valence-electron chi connectivity index (χ2n) is 12.7. The molecular weight excluding hydrogens is 713 g/mol. The minimum atomic E-state index is -5.19. The van der Waals surface area contributed by atoms with Crippen LogP contribution in [0.4, 0.5) is 55.7 Å². The molecule has 0 aromatic heterocycles. The van der Waals surface area contributed by atoms with Crippen molar-refractivity contribution in [2.75, 3.05) is 24.7 Å². The second-order valence-corrected chi connectivity index (χ2v) is 13.1. The van der Waals surface area contributed by atoms with Crippen LogP contribution in [-0.4, -0.2) is 48.3 Å². The Balaban J connectivity index is 1.40. The number of nitrogens with zero attached hydrogens (tertiary/aromatic N) is 1. The molecule has 4 N–H and O–H groups in total. The van der Waals surface area contributed by atoms with Crippen LogP contribution in [-0.2, 0) is 24.9 Å². The molecule has 2 aliphatic carbocycles. The maximum absolute atomic E-state index is 13.7. The number of thiocarbonyl (C=S) groups is 1. The van der Waals surface area contributed by atoms with Crippen LogP contribution in [0.1, 0.15) is 59.5 Å². The summed E-state index contributed by atoms with van der Waals surface area (Å²) in [6.07, 6.45) is -11.7. The molecule has 51 heavy (non-hydrogen) atoms. The lowest BCUT2D eigenvalue weighted by Gasteiger charge is -2.37. The first-order chi connectivity index (χ1) is 23.8. The first kappa shape index (κ1) is 38.0. The number of amides is 2. The van der Waals surface area contributed by atoms with Crippen LogP contribution < -0.4 is 26.0 Å². The molecule has 0 aliphatic heterocycles. The number of hydrogen-bond acceptors (Lipinski definition) is 4. The van der Waals surface area contributed by atoms with E-state index in [1.54, 1.807) is 0 Å². The van der Waals surface area contributed by atoms with Crippen molar-refractivity contribution in [3.63, 3.8) is 0 Å². The van der Waals surface area contributed by atoms with Gasteiger partial charge in [-0.1, -0.05) is 37.1 Å². The van der Waals surface area contributed by atoms with E-state index in [2.05, 4.69) is 20.9 Å². The summed E-state index contributed by atoms with van der Waals surface area (Å²) in [7, 11) is 3.99. The molecule has 0 spiro atoms. The Morgan fingerprint density at radius 3 is 2.04 bits per heavy atom. The van der Waals surface area contributed by atoms with Gasteiger partial charge >= 0.3 is 24.6 Å². The van der Waals surface area contributed by atoms with Gasteiger partial charge < -0.3 is 30.9 Å². The minimum Gasteiger partial charge on any atom is -0.485 e. The molecule has 17 heteroatoms. The normalized spacial score (nSPS) is 20.8. The van der Waals surface area contributed by atoms with Crippen molar-refractivity contribution >= 4 is 34.7 Å². The van der Waals surface area contributed by atoms with Crippen LogP contribution in [0.25, 0.3) is 0 Å². The number of ether oxygens (including phenoxy) is 1. The molecule has 4 atom stereocenters. The van der Waals surface area contributed by atoms with Gasteiger partial charge in [-0.05, 0) is 86.7 Å². The fourth-order valence-electron chi connectivity index (χ4n) is 6.47. The van der Waals surface area contributed by atoms with Crippen LogP contribution in [0.15, 0.2) is 60.7 Å². The largest absolute Gasteiger partial charge is 0.485 e. The Morgan fingerprint density at radius 1 is 0.784 bits per heavy atom. The molecule has 0 heterocycles. The molecule has 3 aromatic rings. The second kappa shape index (κ2) is 14.8. The van der Waals surface area contributed by atoms with E-state index in [0.29, 0.717) is 11.2 Å². The van der Waals surface area contributed by atoms with Crippen LogP contribution in [0.5, 0.6) is 5.75 Å². The highest BCUT2D eigenvalue weighted by atomic mass is 32.1. The van der Waals surface area contributed by atoms with Gasteiger partial charge in [0.2, 0.25) is 0 Å². The van der Waals surface area contributed by atoms with Gasteiger partial charge in [0.1, 0.15) is 11.9 Å². The number of hydrogen-bond donors (Lipinski definition) is 4. The molecule has 2 amide bonds. The van der Waals surface area contributed by atoms with E-state index in [4.69, 9.17) is 17.0 Å². The topological polar surface area (TPSA) is 77.7 Å². The van der Waals surface area contributed by atoms with Gasteiger partial charge in [-0.2, -0.15) is 39.5 Å². The van der Waals surface area contributed by atoms with E-state index in [1.807, 2.05) is 43.7 Å². The maximum Gasteiger partial charge on any atom is 0.416 e. The molecule has 7 nitrogen and oxygen atoms in total. The van der Waals surface area contributed by atoms with E-state index in [9.17, 15) is 44.3 Å². The fraction of sp³-hybridized carbons (Fsp3) is 0.412. The molecule has 1 fully saturated rings. The zero-order valence-corrected chi connectivity index (χ0v) is 28.0. The number of carbonyl (C=O) groups is 1. The van der Waals surface area contributed by atoms with E-state index < -0.39 is 64.8 Å². The van der Waals surface area contributed by atoms with Crippen LogP contribution in [0, 0.1) is 0 Å². The smallest absolute Gasteiger partial charge is 0.416 e. The van der Waals surface area contributed by atoms with Crippen LogP contribution in [0.3, 0.4) is 0 Å². The van der Waals surface area contributed by atoms with Crippen molar-refractivity contribution in [2.45, 2.75) is 74.9 Å². The number of fused-ring (bicyclic) bond motifs is 1. The minimum absolute atomic E-state index is 0.0676. The zero-order chi connectivity index (χ0) is 37.3. The Kier molecular flexibility index (Phi) is 11.0. The summed E-state index contributed by atoms with van der Waals surface area (Å²) in [5.41, 5.74) is -4.31. The highest BCUT2D eigenvalue weighted by molar-refractivity contribution is 7.80. The molecule has 0 saturated heterocycles. The lowest BCUT2D eigenvalue weighted by molar-refractivity contribution is -0.143. The van der Waals surface area contributed by atoms with Crippen molar-refractivity contribution in [2.24, 2.45) is 0 Å².